The minimum Gasteiger partial charge on any atom is -0.462 e. The standard InChI is InChI=1S/C40H70O14P2/c1-4-36(41)28-24-20-16-11-9-7-5-6-8-10-12-17-21-25-29-39(43)50-33-38(34-53-56(48,49)52-32-37(42)31-51-55(45,46)47)54-40(44)30-26-22-18-14-13-15-19-23-27-35(2)3/h6-9,12,16-17,20,24,28,35-38,41-42H,4-5,10-11,13-15,18-19,21-23,25-27,29-34H2,1-3H3,(H,48,49)(H2,45,46,47)/b8-6-,9-7-,17-12-,20-16-,28-24+/t36-,37-,38+/m0/s1. The molecule has 4 atom stereocenters. The average Bonchev–Trinajstić information content (AvgIpc) is 3.14. The molecule has 0 aliphatic heterocycles. The minimum atomic E-state index is -4.87. The van der Waals surface area contributed by atoms with Crippen LogP contribution in [0.1, 0.15) is 130 Å². The summed E-state index contributed by atoms with van der Waals surface area (Å²) in [6, 6.07) is 0. The lowest BCUT2D eigenvalue weighted by Crippen LogP contribution is -2.30. The van der Waals surface area contributed by atoms with Gasteiger partial charge in [0.2, 0.25) is 0 Å². The maximum Gasteiger partial charge on any atom is 0.472 e. The second-order valence-corrected chi connectivity index (χ2v) is 16.6. The molecule has 0 amide bonds. The highest BCUT2D eigenvalue weighted by Crippen LogP contribution is 2.43. The van der Waals surface area contributed by atoms with Gasteiger partial charge in [-0.1, -0.05) is 133 Å². The van der Waals surface area contributed by atoms with Crippen LogP contribution in [0.25, 0.3) is 0 Å². The summed E-state index contributed by atoms with van der Waals surface area (Å²) in [6.45, 7) is 3.58. The Hall–Kier alpha value is -2.22. The van der Waals surface area contributed by atoms with Gasteiger partial charge in [0, 0.05) is 12.8 Å². The summed E-state index contributed by atoms with van der Waals surface area (Å²) in [7, 11) is -9.69. The molecule has 0 heterocycles. The summed E-state index contributed by atoms with van der Waals surface area (Å²) in [5.74, 6) is -0.399. The summed E-state index contributed by atoms with van der Waals surface area (Å²) >= 11 is 0. The van der Waals surface area contributed by atoms with Crippen molar-refractivity contribution in [1.82, 2.24) is 0 Å². The van der Waals surface area contributed by atoms with Gasteiger partial charge in [0.25, 0.3) is 0 Å². The van der Waals surface area contributed by atoms with Crippen LogP contribution in [-0.4, -0.2) is 81.6 Å². The summed E-state index contributed by atoms with van der Waals surface area (Å²) in [4.78, 5) is 52.5. The molecule has 0 aliphatic rings. The van der Waals surface area contributed by atoms with Gasteiger partial charge in [0.15, 0.2) is 6.10 Å². The monoisotopic (exact) mass is 836 g/mol. The topological polar surface area (TPSA) is 216 Å². The molecule has 14 nitrogen and oxygen atoms in total. The highest BCUT2D eigenvalue weighted by molar-refractivity contribution is 7.47. The van der Waals surface area contributed by atoms with E-state index in [1.54, 1.807) is 6.08 Å². The fourth-order valence-electron chi connectivity index (χ4n) is 4.81. The van der Waals surface area contributed by atoms with E-state index in [1.807, 2.05) is 37.3 Å². The van der Waals surface area contributed by atoms with Gasteiger partial charge in [-0.2, -0.15) is 0 Å². The van der Waals surface area contributed by atoms with Crippen LogP contribution in [0.3, 0.4) is 0 Å². The first-order valence-corrected chi connectivity index (χ1v) is 23.0. The van der Waals surface area contributed by atoms with Crippen LogP contribution >= 0.6 is 15.6 Å². The zero-order valence-electron chi connectivity index (χ0n) is 33.7. The van der Waals surface area contributed by atoms with Crippen LogP contribution in [0.5, 0.6) is 0 Å². The SMILES string of the molecule is CC[C@H](O)/C=C/C=C\C/C=C\C/C=C\C/C=C\CCCC(=O)OC[C@H](COP(=O)(O)OC[C@@H](O)COP(=O)(O)O)OC(=O)CCCCCCCCCCC(C)C. The molecule has 0 saturated heterocycles. The van der Waals surface area contributed by atoms with Gasteiger partial charge in [0.05, 0.1) is 25.9 Å². The Kier molecular flexibility index (Phi) is 33.4. The molecular formula is C40H70O14P2. The number of carbonyl (C=O) groups excluding carboxylic acids is 2. The van der Waals surface area contributed by atoms with Crippen LogP contribution in [0.2, 0.25) is 0 Å². The number of rotatable bonds is 36. The zero-order valence-corrected chi connectivity index (χ0v) is 35.5. The first-order valence-electron chi connectivity index (χ1n) is 19.9. The summed E-state index contributed by atoms with van der Waals surface area (Å²) < 4.78 is 47.5. The third kappa shape index (κ3) is 38.6. The van der Waals surface area contributed by atoms with Crippen molar-refractivity contribution in [2.75, 3.05) is 26.4 Å². The van der Waals surface area contributed by atoms with Crippen molar-refractivity contribution in [2.24, 2.45) is 5.92 Å². The summed E-state index contributed by atoms with van der Waals surface area (Å²) in [5.41, 5.74) is 0. The molecule has 56 heavy (non-hydrogen) atoms. The molecule has 0 aromatic carbocycles. The molecule has 0 aromatic heterocycles. The number of hydrogen-bond donors (Lipinski definition) is 5. The molecule has 0 bridgehead atoms. The highest BCUT2D eigenvalue weighted by Gasteiger charge is 2.28. The van der Waals surface area contributed by atoms with Gasteiger partial charge < -0.3 is 34.4 Å². The van der Waals surface area contributed by atoms with E-state index < -0.39 is 72.3 Å². The molecule has 5 N–H and O–H groups in total. The number of unbranched alkanes of at least 4 members (excludes halogenated alkanes) is 8. The normalized spacial score (nSPS) is 15.4. The van der Waals surface area contributed by atoms with Crippen molar-refractivity contribution in [3.63, 3.8) is 0 Å². The number of ether oxygens (including phenoxy) is 2. The van der Waals surface area contributed by atoms with E-state index in [2.05, 4.69) is 47.2 Å². The predicted molar refractivity (Wildman–Crippen MR) is 217 cm³/mol. The second kappa shape index (κ2) is 34.8. The Morgan fingerprint density at radius 2 is 1.16 bits per heavy atom. The quantitative estimate of drug-likeness (QED) is 0.0132. The van der Waals surface area contributed by atoms with E-state index in [4.69, 9.17) is 23.8 Å². The van der Waals surface area contributed by atoms with Crippen molar-refractivity contribution >= 4 is 27.6 Å². The molecule has 0 spiro atoms. The molecule has 0 rings (SSSR count). The van der Waals surface area contributed by atoms with Gasteiger partial charge in [-0.15, -0.1) is 0 Å². The Balaban J connectivity index is 4.66. The Morgan fingerprint density at radius 1 is 0.625 bits per heavy atom. The van der Waals surface area contributed by atoms with Gasteiger partial charge >= 0.3 is 27.6 Å². The van der Waals surface area contributed by atoms with Gasteiger partial charge in [-0.05, 0) is 50.9 Å². The van der Waals surface area contributed by atoms with Crippen molar-refractivity contribution in [2.45, 2.75) is 148 Å². The number of esters is 2. The molecule has 0 radical (unpaired) electrons. The number of phosphoric acid groups is 2. The van der Waals surface area contributed by atoms with Crippen molar-refractivity contribution in [1.29, 1.82) is 0 Å². The number of phosphoric ester groups is 2. The van der Waals surface area contributed by atoms with E-state index in [-0.39, 0.29) is 12.8 Å². The number of aliphatic hydroxyl groups is 2. The number of allylic oxidation sites excluding steroid dienone is 9. The molecule has 0 aliphatic carbocycles. The smallest absolute Gasteiger partial charge is 0.462 e. The molecule has 16 heteroatoms. The van der Waals surface area contributed by atoms with Crippen LogP contribution in [0.15, 0.2) is 60.8 Å². The highest BCUT2D eigenvalue weighted by atomic mass is 31.2. The van der Waals surface area contributed by atoms with E-state index in [0.717, 1.165) is 50.9 Å². The van der Waals surface area contributed by atoms with E-state index in [1.165, 1.54) is 25.7 Å². The third-order valence-corrected chi connectivity index (χ3v) is 9.43. The summed E-state index contributed by atoms with van der Waals surface area (Å²) in [5, 5.41) is 19.2. The van der Waals surface area contributed by atoms with Crippen LogP contribution in [0, 0.1) is 5.92 Å². The van der Waals surface area contributed by atoms with Crippen molar-refractivity contribution in [3.8, 4) is 0 Å². The van der Waals surface area contributed by atoms with Crippen LogP contribution in [-0.2, 0) is 41.8 Å². The Morgan fingerprint density at radius 3 is 1.77 bits per heavy atom. The van der Waals surface area contributed by atoms with Crippen molar-refractivity contribution in [3.05, 3.63) is 60.8 Å². The van der Waals surface area contributed by atoms with Crippen LogP contribution in [0.4, 0.5) is 0 Å². The first-order chi connectivity index (χ1) is 26.6. The molecule has 324 valence electrons. The maximum atomic E-state index is 12.6. The lowest BCUT2D eigenvalue weighted by Gasteiger charge is -2.20. The fourth-order valence-corrected chi connectivity index (χ4v) is 5.97. The van der Waals surface area contributed by atoms with Gasteiger partial charge in [0.1, 0.15) is 12.7 Å². The lowest BCUT2D eigenvalue weighted by molar-refractivity contribution is -0.161. The molecule has 0 saturated carbocycles. The molecule has 1 unspecified atom stereocenters. The Bertz CT molecular complexity index is 1260. The predicted octanol–water partition coefficient (Wildman–Crippen LogP) is 8.49. The summed E-state index contributed by atoms with van der Waals surface area (Å²) in [6.07, 6.45) is 30.6. The van der Waals surface area contributed by atoms with E-state index >= 15 is 0 Å². The van der Waals surface area contributed by atoms with E-state index in [9.17, 15) is 33.8 Å². The first kappa shape index (κ1) is 53.8. The third-order valence-electron chi connectivity index (χ3n) is 8.00. The molecule has 0 aromatic rings. The van der Waals surface area contributed by atoms with Gasteiger partial charge in [-0.3, -0.25) is 23.2 Å². The lowest BCUT2D eigenvalue weighted by atomic mass is 10.0. The minimum absolute atomic E-state index is 0.101. The number of carbonyl (C=O) groups is 2. The Labute approximate surface area is 334 Å². The molecule has 0 fully saturated rings. The van der Waals surface area contributed by atoms with Gasteiger partial charge in [-0.25, -0.2) is 9.13 Å². The zero-order chi connectivity index (χ0) is 41.9. The number of hydrogen-bond acceptors (Lipinski definition) is 11. The molecular weight excluding hydrogens is 766 g/mol. The maximum absolute atomic E-state index is 12.6. The van der Waals surface area contributed by atoms with E-state index in [0.29, 0.717) is 25.7 Å². The average molecular weight is 837 g/mol. The largest absolute Gasteiger partial charge is 0.472 e. The van der Waals surface area contributed by atoms with Crippen LogP contribution < -0.4 is 0 Å². The fraction of sp³-hybridized carbons (Fsp3) is 0.700. The second-order valence-electron chi connectivity index (χ2n) is 13.9. The van der Waals surface area contributed by atoms with Crippen molar-refractivity contribution < 1.29 is 66.7 Å². The number of aliphatic hydroxyl groups excluding tert-OH is 2.